The fourth-order valence-corrected chi connectivity index (χ4v) is 5.56. The summed E-state index contributed by atoms with van der Waals surface area (Å²) in [5.74, 6) is 0.793. The number of nitrogens with one attached hydrogen (secondary N) is 1. The highest BCUT2D eigenvalue weighted by Gasteiger charge is 2.54. The fraction of sp³-hybridized carbons (Fsp3) is 0.438. The molecule has 0 spiro atoms. The van der Waals surface area contributed by atoms with Gasteiger partial charge in [-0.25, -0.2) is 4.98 Å². The summed E-state index contributed by atoms with van der Waals surface area (Å²) in [7, 11) is 0. The van der Waals surface area contributed by atoms with Crippen molar-refractivity contribution < 1.29 is 9.59 Å². The maximum absolute atomic E-state index is 12.8. The van der Waals surface area contributed by atoms with Crippen molar-refractivity contribution in [3.8, 4) is 0 Å². The summed E-state index contributed by atoms with van der Waals surface area (Å²) in [6.07, 6.45) is 2.03. The van der Waals surface area contributed by atoms with Crippen LogP contribution in [0.4, 0.5) is 5.13 Å². The molecule has 1 atom stereocenters. The Morgan fingerprint density at radius 1 is 1.48 bits per heavy atom. The Kier molecular flexibility index (Phi) is 3.57. The van der Waals surface area contributed by atoms with Crippen molar-refractivity contribution in [3.63, 3.8) is 0 Å². The molecule has 1 aromatic heterocycles. The second-order valence-corrected chi connectivity index (χ2v) is 8.21. The number of rotatable bonds is 3. The Hall–Kier alpha value is -1.60. The summed E-state index contributed by atoms with van der Waals surface area (Å²) in [5.41, 5.74) is 2.16. The van der Waals surface area contributed by atoms with E-state index in [1.54, 1.807) is 16.7 Å². The van der Waals surface area contributed by atoms with Crippen LogP contribution in [0.5, 0.6) is 0 Å². The second kappa shape index (κ2) is 5.49. The standard InChI is InChI=1S/C16H17N3O2S2/c1-2-10-3-4-11-12(9-10)23-15(17-11)18-14(21)16-6-5-13(20)19(16)7-8-22-16/h3-4,9H,2,5-8H2,1H3,(H,17,18,21)/t16-/m1/s1. The maximum atomic E-state index is 12.8. The number of amides is 2. The van der Waals surface area contributed by atoms with Crippen molar-refractivity contribution in [2.45, 2.75) is 31.1 Å². The third kappa shape index (κ3) is 2.33. The number of hydrogen-bond donors (Lipinski definition) is 1. The van der Waals surface area contributed by atoms with E-state index in [4.69, 9.17) is 0 Å². The van der Waals surface area contributed by atoms with Gasteiger partial charge in [-0.1, -0.05) is 24.3 Å². The average Bonchev–Trinajstić information content (AvgIpc) is 3.22. The normalized spacial score (nSPS) is 23.5. The summed E-state index contributed by atoms with van der Waals surface area (Å²) in [6, 6.07) is 6.18. The molecule has 0 bridgehead atoms. The number of benzene rings is 1. The molecule has 7 heteroatoms. The van der Waals surface area contributed by atoms with Gasteiger partial charge in [0.25, 0.3) is 5.91 Å². The Morgan fingerprint density at radius 3 is 3.17 bits per heavy atom. The topological polar surface area (TPSA) is 62.3 Å². The molecular weight excluding hydrogens is 330 g/mol. The molecule has 1 aromatic carbocycles. The number of aryl methyl sites for hydroxylation is 1. The lowest BCUT2D eigenvalue weighted by atomic mass is 10.2. The van der Waals surface area contributed by atoms with Crippen LogP contribution in [0, 0.1) is 0 Å². The first-order valence-electron chi connectivity index (χ1n) is 7.78. The van der Waals surface area contributed by atoms with Crippen LogP contribution in [-0.4, -0.2) is 38.9 Å². The largest absolute Gasteiger partial charge is 0.319 e. The van der Waals surface area contributed by atoms with Gasteiger partial charge in [-0.3, -0.25) is 14.9 Å². The van der Waals surface area contributed by atoms with Gasteiger partial charge in [0.2, 0.25) is 5.91 Å². The van der Waals surface area contributed by atoms with E-state index in [9.17, 15) is 9.59 Å². The number of nitrogens with zero attached hydrogens (tertiary/aromatic N) is 2. The molecule has 2 aliphatic heterocycles. The van der Waals surface area contributed by atoms with Crippen LogP contribution >= 0.6 is 23.1 Å². The highest BCUT2D eigenvalue weighted by Crippen LogP contribution is 2.45. The van der Waals surface area contributed by atoms with E-state index in [1.807, 2.05) is 6.07 Å². The van der Waals surface area contributed by atoms with Crippen LogP contribution in [0.25, 0.3) is 10.2 Å². The molecular formula is C16H17N3O2S2. The zero-order valence-corrected chi connectivity index (χ0v) is 14.4. The number of aromatic nitrogens is 1. The Morgan fingerprint density at radius 2 is 2.35 bits per heavy atom. The molecule has 4 rings (SSSR count). The van der Waals surface area contributed by atoms with Gasteiger partial charge in [-0.15, -0.1) is 11.8 Å². The summed E-state index contributed by atoms with van der Waals surface area (Å²) >= 11 is 3.06. The first-order chi connectivity index (χ1) is 11.1. The minimum absolute atomic E-state index is 0.0852. The number of fused-ring (bicyclic) bond motifs is 2. The highest BCUT2D eigenvalue weighted by atomic mass is 32.2. The van der Waals surface area contributed by atoms with Gasteiger partial charge in [0.15, 0.2) is 10.0 Å². The van der Waals surface area contributed by atoms with Gasteiger partial charge in [0.1, 0.15) is 0 Å². The molecule has 0 unspecified atom stereocenters. The first kappa shape index (κ1) is 15.0. The third-order valence-corrected chi connectivity index (χ3v) is 6.91. The van der Waals surface area contributed by atoms with Gasteiger partial charge >= 0.3 is 0 Å². The molecule has 5 nitrogen and oxygen atoms in total. The minimum Gasteiger partial charge on any atom is -0.319 e. The molecule has 2 aliphatic rings. The van der Waals surface area contributed by atoms with E-state index < -0.39 is 4.87 Å². The zero-order valence-electron chi connectivity index (χ0n) is 12.8. The van der Waals surface area contributed by atoms with E-state index in [-0.39, 0.29) is 11.8 Å². The smallest absolute Gasteiger partial charge is 0.262 e. The number of thioether (sulfide) groups is 1. The quantitative estimate of drug-likeness (QED) is 0.927. The van der Waals surface area contributed by atoms with Gasteiger partial charge in [0.05, 0.1) is 10.2 Å². The third-order valence-electron chi connectivity index (χ3n) is 4.51. The SMILES string of the molecule is CCc1ccc2nc(NC(=O)[C@]34CCC(=O)N3CCS4)sc2c1. The Balaban J connectivity index is 1.60. The van der Waals surface area contributed by atoms with Crippen molar-refractivity contribution in [1.82, 2.24) is 9.88 Å². The van der Waals surface area contributed by atoms with Gasteiger partial charge in [-0.2, -0.15) is 0 Å². The number of anilines is 1. The summed E-state index contributed by atoms with van der Waals surface area (Å²) in [6.45, 7) is 2.78. The van der Waals surface area contributed by atoms with Crippen LogP contribution in [0.1, 0.15) is 25.3 Å². The van der Waals surface area contributed by atoms with Crippen molar-refractivity contribution in [1.29, 1.82) is 0 Å². The summed E-state index contributed by atoms with van der Waals surface area (Å²) in [4.78, 5) is 30.3. The number of carbonyl (C=O) groups is 2. The van der Waals surface area contributed by atoms with Gasteiger partial charge < -0.3 is 4.90 Å². The van der Waals surface area contributed by atoms with Crippen LogP contribution in [0.15, 0.2) is 18.2 Å². The Labute approximate surface area is 142 Å². The highest BCUT2D eigenvalue weighted by molar-refractivity contribution is 8.01. The number of carbonyl (C=O) groups excluding carboxylic acids is 2. The van der Waals surface area contributed by atoms with Crippen molar-refractivity contribution in [2.75, 3.05) is 17.6 Å². The van der Waals surface area contributed by atoms with E-state index >= 15 is 0 Å². The predicted octanol–water partition coefficient (Wildman–Crippen LogP) is 2.86. The molecule has 120 valence electrons. The fourth-order valence-electron chi connectivity index (χ4n) is 3.25. The predicted molar refractivity (Wildman–Crippen MR) is 93.8 cm³/mol. The Bertz CT molecular complexity index is 804. The lowest BCUT2D eigenvalue weighted by molar-refractivity contribution is -0.133. The number of hydrogen-bond acceptors (Lipinski definition) is 5. The van der Waals surface area contributed by atoms with Gasteiger partial charge in [0, 0.05) is 18.7 Å². The van der Waals surface area contributed by atoms with E-state index in [0.29, 0.717) is 24.5 Å². The van der Waals surface area contributed by atoms with Crippen molar-refractivity contribution in [2.24, 2.45) is 0 Å². The molecule has 1 N–H and O–H groups in total. The lowest BCUT2D eigenvalue weighted by Crippen LogP contribution is -2.48. The molecule has 0 radical (unpaired) electrons. The maximum Gasteiger partial charge on any atom is 0.262 e. The molecule has 2 aromatic rings. The molecule has 0 aliphatic carbocycles. The monoisotopic (exact) mass is 347 g/mol. The molecule has 2 fully saturated rings. The first-order valence-corrected chi connectivity index (χ1v) is 9.58. The average molecular weight is 347 g/mol. The zero-order chi connectivity index (χ0) is 16.0. The van der Waals surface area contributed by atoms with E-state index in [2.05, 4.69) is 29.4 Å². The van der Waals surface area contributed by atoms with Crippen molar-refractivity contribution >= 4 is 50.3 Å². The minimum atomic E-state index is -0.719. The molecule has 3 heterocycles. The number of thiazole rings is 1. The second-order valence-electron chi connectivity index (χ2n) is 5.81. The van der Waals surface area contributed by atoms with Crippen LogP contribution in [0.2, 0.25) is 0 Å². The molecule has 23 heavy (non-hydrogen) atoms. The molecule has 2 saturated heterocycles. The van der Waals surface area contributed by atoms with Crippen LogP contribution < -0.4 is 5.32 Å². The van der Waals surface area contributed by atoms with E-state index in [1.165, 1.54) is 16.9 Å². The summed E-state index contributed by atoms with van der Waals surface area (Å²) < 4.78 is 1.08. The lowest BCUT2D eigenvalue weighted by Gasteiger charge is -2.28. The van der Waals surface area contributed by atoms with Crippen molar-refractivity contribution in [3.05, 3.63) is 23.8 Å². The molecule has 0 saturated carbocycles. The van der Waals surface area contributed by atoms with E-state index in [0.717, 1.165) is 22.4 Å². The van der Waals surface area contributed by atoms with Crippen LogP contribution in [-0.2, 0) is 16.0 Å². The van der Waals surface area contributed by atoms with Gasteiger partial charge in [-0.05, 0) is 30.5 Å². The van der Waals surface area contributed by atoms with Crippen LogP contribution in [0.3, 0.4) is 0 Å². The summed E-state index contributed by atoms with van der Waals surface area (Å²) in [5, 5.41) is 3.56. The molecule has 2 amide bonds.